The fourth-order valence-electron chi connectivity index (χ4n) is 1.25. The zero-order valence-electron chi connectivity index (χ0n) is 10.3. The van der Waals surface area contributed by atoms with E-state index in [0.717, 1.165) is 0 Å². The highest BCUT2D eigenvalue weighted by molar-refractivity contribution is 5.78. The second kappa shape index (κ2) is 8.08. The third-order valence-corrected chi connectivity index (χ3v) is 2.63. The van der Waals surface area contributed by atoms with Crippen molar-refractivity contribution in [2.75, 3.05) is 33.3 Å². The summed E-state index contributed by atoms with van der Waals surface area (Å²) in [6, 6.07) is 2.00. The van der Waals surface area contributed by atoms with Gasteiger partial charge in [0.25, 0.3) is 0 Å². The van der Waals surface area contributed by atoms with Gasteiger partial charge in [-0.05, 0) is 20.9 Å². The molecule has 16 heavy (non-hydrogen) atoms. The minimum atomic E-state index is -0.0291. The van der Waals surface area contributed by atoms with E-state index in [4.69, 9.17) is 10.4 Å². The van der Waals surface area contributed by atoms with Crippen molar-refractivity contribution in [3.63, 3.8) is 0 Å². The van der Waals surface area contributed by atoms with E-state index in [-0.39, 0.29) is 25.1 Å². The summed E-state index contributed by atoms with van der Waals surface area (Å²) in [5.41, 5.74) is 0. The number of hydrogen-bond acceptors (Lipinski definition) is 4. The van der Waals surface area contributed by atoms with Crippen LogP contribution >= 0.6 is 0 Å². The second-order valence-corrected chi connectivity index (χ2v) is 3.83. The molecule has 0 saturated carbocycles. The van der Waals surface area contributed by atoms with Crippen LogP contribution in [0.1, 0.15) is 20.3 Å². The maximum absolute atomic E-state index is 11.8. The molecular formula is C11H21N3O2. The number of aliphatic hydroxyl groups excluding tert-OH is 1. The fraction of sp³-hybridized carbons (Fsp3) is 0.818. The van der Waals surface area contributed by atoms with Crippen molar-refractivity contribution in [3.05, 3.63) is 0 Å². The standard InChI is InChI=1S/C11H21N3O2/c1-4-14(7-5-6-12)11(16)8-13(3)10(2)9-15/h10,15H,4-5,7-9H2,1-3H3. The maximum Gasteiger partial charge on any atom is 0.236 e. The largest absolute Gasteiger partial charge is 0.395 e. The highest BCUT2D eigenvalue weighted by Crippen LogP contribution is 1.98. The molecule has 1 atom stereocenters. The molecule has 1 N–H and O–H groups in total. The summed E-state index contributed by atoms with van der Waals surface area (Å²) in [5.74, 6) is 0.000509. The molecule has 0 rings (SSSR count). The Kier molecular flexibility index (Phi) is 7.52. The lowest BCUT2D eigenvalue weighted by Gasteiger charge is -2.26. The van der Waals surface area contributed by atoms with E-state index >= 15 is 0 Å². The number of likely N-dealkylation sites (N-methyl/N-ethyl adjacent to an activating group) is 2. The third kappa shape index (κ3) is 5.10. The first-order valence-corrected chi connectivity index (χ1v) is 5.52. The van der Waals surface area contributed by atoms with Crippen LogP contribution in [0.15, 0.2) is 0 Å². The Morgan fingerprint density at radius 1 is 1.56 bits per heavy atom. The van der Waals surface area contributed by atoms with Crippen molar-refractivity contribution in [2.45, 2.75) is 26.3 Å². The zero-order valence-corrected chi connectivity index (χ0v) is 10.3. The van der Waals surface area contributed by atoms with Crippen LogP contribution in [-0.4, -0.2) is 60.1 Å². The SMILES string of the molecule is CCN(CCC#N)C(=O)CN(C)C(C)CO. The van der Waals surface area contributed by atoms with Crippen molar-refractivity contribution in [1.29, 1.82) is 5.26 Å². The van der Waals surface area contributed by atoms with E-state index < -0.39 is 0 Å². The molecule has 0 spiro atoms. The summed E-state index contributed by atoms with van der Waals surface area (Å²) in [4.78, 5) is 15.3. The van der Waals surface area contributed by atoms with Crippen LogP contribution < -0.4 is 0 Å². The molecule has 0 aromatic rings. The number of nitrogens with zero attached hydrogens (tertiary/aromatic N) is 3. The van der Waals surface area contributed by atoms with Gasteiger partial charge in [-0.3, -0.25) is 9.69 Å². The molecule has 92 valence electrons. The summed E-state index contributed by atoms with van der Waals surface area (Å²) >= 11 is 0. The molecule has 0 aliphatic heterocycles. The second-order valence-electron chi connectivity index (χ2n) is 3.83. The van der Waals surface area contributed by atoms with Crippen molar-refractivity contribution >= 4 is 5.91 Å². The van der Waals surface area contributed by atoms with E-state index in [9.17, 15) is 4.79 Å². The van der Waals surface area contributed by atoms with Crippen molar-refractivity contribution in [1.82, 2.24) is 9.80 Å². The summed E-state index contributed by atoms with van der Waals surface area (Å²) in [5, 5.41) is 17.4. The molecule has 1 amide bonds. The number of nitriles is 1. The van der Waals surface area contributed by atoms with Gasteiger partial charge in [-0.25, -0.2) is 0 Å². The lowest BCUT2D eigenvalue weighted by Crippen LogP contribution is -2.43. The van der Waals surface area contributed by atoms with E-state index in [2.05, 4.69) is 0 Å². The normalized spacial score (nSPS) is 12.2. The number of amides is 1. The first kappa shape index (κ1) is 14.9. The Labute approximate surface area is 97.3 Å². The first-order chi connectivity index (χ1) is 7.56. The summed E-state index contributed by atoms with van der Waals surface area (Å²) < 4.78 is 0. The first-order valence-electron chi connectivity index (χ1n) is 5.52. The van der Waals surface area contributed by atoms with Crippen LogP contribution in [0.2, 0.25) is 0 Å². The van der Waals surface area contributed by atoms with E-state index in [1.54, 1.807) is 16.8 Å². The van der Waals surface area contributed by atoms with Crippen LogP contribution in [0.5, 0.6) is 0 Å². The minimum absolute atomic E-state index is 0.000509. The molecule has 0 aliphatic rings. The molecule has 0 radical (unpaired) electrons. The van der Waals surface area contributed by atoms with Crippen molar-refractivity contribution < 1.29 is 9.90 Å². The quantitative estimate of drug-likeness (QED) is 0.668. The Hall–Kier alpha value is -1.12. The molecule has 5 nitrogen and oxygen atoms in total. The molecule has 0 fully saturated rings. The van der Waals surface area contributed by atoms with Gasteiger partial charge in [0.1, 0.15) is 0 Å². The Morgan fingerprint density at radius 3 is 2.62 bits per heavy atom. The van der Waals surface area contributed by atoms with Crippen molar-refractivity contribution in [3.8, 4) is 6.07 Å². The van der Waals surface area contributed by atoms with Gasteiger partial charge in [0.15, 0.2) is 0 Å². The Balaban J connectivity index is 4.15. The van der Waals surface area contributed by atoms with Crippen LogP contribution in [0, 0.1) is 11.3 Å². The van der Waals surface area contributed by atoms with E-state index in [1.165, 1.54) is 0 Å². The number of aliphatic hydroxyl groups is 1. The Morgan fingerprint density at radius 2 is 2.19 bits per heavy atom. The third-order valence-electron chi connectivity index (χ3n) is 2.63. The van der Waals surface area contributed by atoms with Crippen LogP contribution in [0.4, 0.5) is 0 Å². The summed E-state index contributed by atoms with van der Waals surface area (Å²) in [6.07, 6.45) is 0.360. The predicted molar refractivity (Wildman–Crippen MR) is 61.7 cm³/mol. The zero-order chi connectivity index (χ0) is 12.6. The number of carbonyl (C=O) groups excluding carboxylic acids is 1. The van der Waals surface area contributed by atoms with Gasteiger partial charge in [-0.2, -0.15) is 5.26 Å². The molecule has 1 unspecified atom stereocenters. The summed E-state index contributed by atoms with van der Waals surface area (Å²) in [7, 11) is 1.80. The summed E-state index contributed by atoms with van der Waals surface area (Å²) in [6.45, 7) is 5.16. The van der Waals surface area contributed by atoms with Crippen molar-refractivity contribution in [2.24, 2.45) is 0 Å². The number of rotatable bonds is 7. The average molecular weight is 227 g/mol. The average Bonchev–Trinajstić information content (AvgIpc) is 2.28. The lowest BCUT2D eigenvalue weighted by atomic mass is 10.3. The predicted octanol–water partition coefficient (Wildman–Crippen LogP) is 0.0612. The van der Waals surface area contributed by atoms with Crippen LogP contribution in [0.25, 0.3) is 0 Å². The molecule has 0 aromatic carbocycles. The van der Waals surface area contributed by atoms with E-state index in [0.29, 0.717) is 19.5 Å². The molecule has 0 aliphatic carbocycles. The molecule has 5 heteroatoms. The fourth-order valence-corrected chi connectivity index (χ4v) is 1.25. The van der Waals surface area contributed by atoms with Crippen LogP contribution in [-0.2, 0) is 4.79 Å². The highest BCUT2D eigenvalue weighted by atomic mass is 16.3. The molecule has 0 bridgehead atoms. The highest BCUT2D eigenvalue weighted by Gasteiger charge is 2.16. The molecule has 0 saturated heterocycles. The van der Waals surface area contributed by atoms with Crippen LogP contribution in [0.3, 0.4) is 0 Å². The minimum Gasteiger partial charge on any atom is -0.395 e. The van der Waals surface area contributed by atoms with Gasteiger partial charge in [-0.15, -0.1) is 0 Å². The topological polar surface area (TPSA) is 67.6 Å². The number of hydrogen-bond donors (Lipinski definition) is 1. The molecular weight excluding hydrogens is 206 g/mol. The van der Waals surface area contributed by atoms with Gasteiger partial charge in [0.2, 0.25) is 5.91 Å². The monoisotopic (exact) mass is 227 g/mol. The lowest BCUT2D eigenvalue weighted by molar-refractivity contribution is -0.132. The molecule has 0 aromatic heterocycles. The van der Waals surface area contributed by atoms with Gasteiger partial charge in [0, 0.05) is 19.1 Å². The van der Waals surface area contributed by atoms with Gasteiger partial charge < -0.3 is 10.0 Å². The van der Waals surface area contributed by atoms with Gasteiger partial charge in [-0.1, -0.05) is 0 Å². The van der Waals surface area contributed by atoms with E-state index in [1.807, 2.05) is 19.9 Å². The smallest absolute Gasteiger partial charge is 0.236 e. The molecule has 0 heterocycles. The Bertz CT molecular complexity index is 250. The maximum atomic E-state index is 11.8. The van der Waals surface area contributed by atoms with Gasteiger partial charge >= 0.3 is 0 Å². The number of carbonyl (C=O) groups is 1. The van der Waals surface area contributed by atoms with Gasteiger partial charge in [0.05, 0.1) is 25.6 Å².